The summed E-state index contributed by atoms with van der Waals surface area (Å²) in [6, 6.07) is 3.83. The maximum Gasteiger partial charge on any atom is 0.253 e. The highest BCUT2D eigenvalue weighted by atomic mass is 79.9. The molecular formula is C12H14BrClFNO. The van der Waals surface area contributed by atoms with Crippen molar-refractivity contribution in [3.8, 4) is 0 Å². The molecule has 1 unspecified atom stereocenters. The van der Waals surface area contributed by atoms with E-state index < -0.39 is 5.82 Å². The highest BCUT2D eigenvalue weighted by Crippen LogP contribution is 2.17. The average Bonchev–Trinajstić information content (AvgIpc) is 2.26. The van der Waals surface area contributed by atoms with Crippen LogP contribution in [-0.2, 0) is 0 Å². The number of nitrogens with one attached hydrogen (secondary N) is 1. The van der Waals surface area contributed by atoms with Gasteiger partial charge in [-0.25, -0.2) is 4.39 Å². The molecule has 0 bridgehead atoms. The van der Waals surface area contributed by atoms with Crippen LogP contribution in [0, 0.1) is 5.82 Å². The SMILES string of the molecule is CC(CCCBr)NC(=O)c1ccc(F)cc1Cl. The second kappa shape index (κ2) is 6.97. The first-order valence-electron chi connectivity index (χ1n) is 5.36. The van der Waals surface area contributed by atoms with E-state index in [0.29, 0.717) is 5.56 Å². The summed E-state index contributed by atoms with van der Waals surface area (Å²) in [5.41, 5.74) is 0.304. The van der Waals surface area contributed by atoms with E-state index in [1.54, 1.807) is 0 Å². The molecule has 1 N–H and O–H groups in total. The van der Waals surface area contributed by atoms with Gasteiger partial charge in [-0.1, -0.05) is 27.5 Å². The van der Waals surface area contributed by atoms with Gasteiger partial charge in [0.2, 0.25) is 0 Å². The molecule has 0 heterocycles. The van der Waals surface area contributed by atoms with E-state index in [9.17, 15) is 9.18 Å². The van der Waals surface area contributed by atoms with Crippen molar-refractivity contribution in [2.75, 3.05) is 5.33 Å². The van der Waals surface area contributed by atoms with Crippen LogP contribution in [0.5, 0.6) is 0 Å². The Bertz CT molecular complexity index is 400. The maximum atomic E-state index is 12.8. The lowest BCUT2D eigenvalue weighted by Gasteiger charge is -2.13. The van der Waals surface area contributed by atoms with Crippen LogP contribution in [0.2, 0.25) is 5.02 Å². The summed E-state index contributed by atoms with van der Waals surface area (Å²) in [5.74, 6) is -0.712. The Kier molecular flexibility index (Phi) is 5.92. The fraction of sp³-hybridized carbons (Fsp3) is 0.417. The molecule has 5 heteroatoms. The standard InChI is InChI=1S/C12H14BrClFNO/c1-8(3-2-6-13)16-12(17)10-5-4-9(15)7-11(10)14/h4-5,7-8H,2-3,6H2,1H3,(H,16,17). The fourth-order valence-electron chi connectivity index (χ4n) is 1.43. The molecule has 1 aromatic rings. The summed E-state index contributed by atoms with van der Waals surface area (Å²) >= 11 is 9.14. The molecule has 0 spiro atoms. The lowest BCUT2D eigenvalue weighted by Crippen LogP contribution is -2.32. The minimum absolute atomic E-state index is 0.0705. The Morgan fingerprint density at radius 1 is 1.59 bits per heavy atom. The van der Waals surface area contributed by atoms with Gasteiger partial charge in [-0.15, -0.1) is 0 Å². The first-order valence-corrected chi connectivity index (χ1v) is 6.86. The number of hydrogen-bond donors (Lipinski definition) is 1. The van der Waals surface area contributed by atoms with Gasteiger partial charge in [0.05, 0.1) is 10.6 Å². The Morgan fingerprint density at radius 3 is 2.88 bits per heavy atom. The fourth-order valence-corrected chi connectivity index (χ4v) is 2.01. The van der Waals surface area contributed by atoms with Crippen LogP contribution in [0.3, 0.4) is 0 Å². The molecule has 17 heavy (non-hydrogen) atoms. The molecule has 0 aliphatic carbocycles. The molecule has 94 valence electrons. The van der Waals surface area contributed by atoms with Gasteiger partial charge < -0.3 is 5.32 Å². The van der Waals surface area contributed by atoms with Gasteiger partial charge in [-0.05, 0) is 38.0 Å². The number of carbonyl (C=O) groups is 1. The first kappa shape index (κ1) is 14.5. The van der Waals surface area contributed by atoms with Gasteiger partial charge in [0.15, 0.2) is 0 Å². The second-order valence-corrected chi connectivity index (χ2v) is 5.03. The van der Waals surface area contributed by atoms with Crippen LogP contribution < -0.4 is 5.32 Å². The summed E-state index contributed by atoms with van der Waals surface area (Å²) in [5, 5.41) is 3.87. The van der Waals surface area contributed by atoms with Gasteiger partial charge in [0, 0.05) is 11.4 Å². The van der Waals surface area contributed by atoms with Gasteiger partial charge in [0.1, 0.15) is 5.82 Å². The van der Waals surface area contributed by atoms with E-state index in [0.717, 1.165) is 24.2 Å². The summed E-state index contributed by atoms with van der Waals surface area (Å²) in [4.78, 5) is 11.8. The normalized spacial score (nSPS) is 12.2. The van der Waals surface area contributed by atoms with Crippen LogP contribution in [0.15, 0.2) is 18.2 Å². The van der Waals surface area contributed by atoms with Crippen LogP contribution >= 0.6 is 27.5 Å². The highest BCUT2D eigenvalue weighted by molar-refractivity contribution is 9.09. The van der Waals surface area contributed by atoms with Crippen molar-refractivity contribution in [1.82, 2.24) is 5.32 Å². The summed E-state index contributed by atoms with van der Waals surface area (Å²) in [6.07, 6.45) is 1.87. The first-order chi connectivity index (χ1) is 8.04. The molecule has 1 atom stereocenters. The van der Waals surface area contributed by atoms with E-state index >= 15 is 0 Å². The quantitative estimate of drug-likeness (QED) is 0.821. The van der Waals surface area contributed by atoms with Crippen molar-refractivity contribution >= 4 is 33.4 Å². The molecule has 0 saturated carbocycles. The Labute approximate surface area is 114 Å². The summed E-state index contributed by atoms with van der Waals surface area (Å²) in [6.45, 7) is 1.93. The number of alkyl halides is 1. The Hall–Kier alpha value is -0.610. The van der Waals surface area contributed by atoms with E-state index in [2.05, 4.69) is 21.2 Å². The minimum Gasteiger partial charge on any atom is -0.350 e. The van der Waals surface area contributed by atoms with Crippen molar-refractivity contribution in [3.05, 3.63) is 34.6 Å². The summed E-state index contributed by atoms with van der Waals surface area (Å²) in [7, 11) is 0. The highest BCUT2D eigenvalue weighted by Gasteiger charge is 2.13. The molecule has 0 saturated heterocycles. The third-order valence-corrected chi connectivity index (χ3v) is 3.20. The topological polar surface area (TPSA) is 29.1 Å². The third-order valence-electron chi connectivity index (χ3n) is 2.32. The third kappa shape index (κ3) is 4.64. The van der Waals surface area contributed by atoms with Crippen molar-refractivity contribution < 1.29 is 9.18 Å². The van der Waals surface area contributed by atoms with E-state index in [1.807, 2.05) is 6.92 Å². The van der Waals surface area contributed by atoms with Gasteiger partial charge in [0.25, 0.3) is 5.91 Å². The number of amides is 1. The average molecular weight is 323 g/mol. The Morgan fingerprint density at radius 2 is 2.29 bits per heavy atom. The molecule has 0 aliphatic heterocycles. The van der Waals surface area contributed by atoms with E-state index in [-0.39, 0.29) is 17.0 Å². The lowest BCUT2D eigenvalue weighted by molar-refractivity contribution is 0.0938. The number of carbonyl (C=O) groups excluding carboxylic acids is 1. The molecule has 0 radical (unpaired) electrons. The minimum atomic E-state index is -0.445. The second-order valence-electron chi connectivity index (χ2n) is 3.83. The number of rotatable bonds is 5. The van der Waals surface area contributed by atoms with Crippen molar-refractivity contribution in [1.29, 1.82) is 0 Å². The molecule has 1 aromatic carbocycles. The predicted molar refractivity (Wildman–Crippen MR) is 71.4 cm³/mol. The van der Waals surface area contributed by atoms with E-state index in [1.165, 1.54) is 12.1 Å². The van der Waals surface area contributed by atoms with Crippen LogP contribution in [0.1, 0.15) is 30.1 Å². The zero-order valence-corrected chi connectivity index (χ0v) is 11.8. The summed E-state index contributed by atoms with van der Waals surface area (Å²) < 4.78 is 12.8. The molecule has 1 amide bonds. The molecule has 1 rings (SSSR count). The van der Waals surface area contributed by atoms with Gasteiger partial charge in [-0.3, -0.25) is 4.79 Å². The largest absolute Gasteiger partial charge is 0.350 e. The van der Waals surface area contributed by atoms with Crippen LogP contribution in [0.25, 0.3) is 0 Å². The van der Waals surface area contributed by atoms with Crippen LogP contribution in [0.4, 0.5) is 4.39 Å². The van der Waals surface area contributed by atoms with Crippen molar-refractivity contribution in [3.63, 3.8) is 0 Å². The van der Waals surface area contributed by atoms with Gasteiger partial charge >= 0.3 is 0 Å². The van der Waals surface area contributed by atoms with Crippen LogP contribution in [-0.4, -0.2) is 17.3 Å². The zero-order valence-electron chi connectivity index (χ0n) is 9.47. The number of benzene rings is 1. The molecule has 0 fully saturated rings. The number of hydrogen-bond acceptors (Lipinski definition) is 1. The van der Waals surface area contributed by atoms with E-state index in [4.69, 9.17) is 11.6 Å². The monoisotopic (exact) mass is 321 g/mol. The van der Waals surface area contributed by atoms with Gasteiger partial charge in [-0.2, -0.15) is 0 Å². The lowest BCUT2D eigenvalue weighted by atomic mass is 10.1. The smallest absolute Gasteiger partial charge is 0.253 e. The molecule has 0 aliphatic rings. The molecular weight excluding hydrogens is 308 g/mol. The maximum absolute atomic E-state index is 12.8. The molecule has 0 aromatic heterocycles. The Balaban J connectivity index is 2.63. The predicted octanol–water partition coefficient (Wildman–Crippen LogP) is 3.77. The zero-order chi connectivity index (χ0) is 12.8. The molecule has 2 nitrogen and oxygen atoms in total. The van der Waals surface area contributed by atoms with Crippen molar-refractivity contribution in [2.45, 2.75) is 25.8 Å². The van der Waals surface area contributed by atoms with Crippen molar-refractivity contribution in [2.24, 2.45) is 0 Å². The number of halogens is 3.